The van der Waals surface area contributed by atoms with Crippen LogP contribution in [0.15, 0.2) is 18.2 Å². The summed E-state index contributed by atoms with van der Waals surface area (Å²) in [6.45, 7) is 0. The quantitative estimate of drug-likeness (QED) is 0.673. The van der Waals surface area contributed by atoms with Gasteiger partial charge in [-0.05, 0) is 42.9 Å². The molecule has 1 aromatic carbocycles. The molecule has 0 saturated heterocycles. The lowest BCUT2D eigenvalue weighted by molar-refractivity contribution is -0.136. The molecule has 1 aliphatic rings. The molecule has 1 aromatic rings. The Morgan fingerprint density at radius 2 is 1.89 bits per heavy atom. The Hall–Kier alpha value is -1.35. The zero-order valence-electron chi connectivity index (χ0n) is 9.99. The standard InChI is InChI=1S/C14H15ClO3/c15-12(8-13(16)17)14(18)11-6-5-9-3-1-2-4-10(9)7-11/h5-7,12H,1-4,8H2,(H,16,17). The van der Waals surface area contributed by atoms with Crippen LogP contribution in [0.2, 0.25) is 0 Å². The zero-order valence-corrected chi connectivity index (χ0v) is 10.7. The molecule has 4 heteroatoms. The first-order chi connectivity index (χ1) is 8.58. The van der Waals surface area contributed by atoms with Gasteiger partial charge in [-0.15, -0.1) is 11.6 Å². The van der Waals surface area contributed by atoms with Gasteiger partial charge in [-0.2, -0.15) is 0 Å². The van der Waals surface area contributed by atoms with E-state index in [2.05, 4.69) is 0 Å². The van der Waals surface area contributed by atoms with Gasteiger partial charge in [0.2, 0.25) is 0 Å². The molecule has 1 N–H and O–H groups in total. The van der Waals surface area contributed by atoms with E-state index in [1.165, 1.54) is 17.5 Å². The zero-order chi connectivity index (χ0) is 13.1. The van der Waals surface area contributed by atoms with Crippen molar-refractivity contribution in [3.8, 4) is 0 Å². The molecule has 1 aliphatic carbocycles. The fraction of sp³-hybridized carbons (Fsp3) is 0.429. The van der Waals surface area contributed by atoms with Crippen molar-refractivity contribution < 1.29 is 14.7 Å². The summed E-state index contributed by atoms with van der Waals surface area (Å²) in [6, 6.07) is 5.59. The Morgan fingerprint density at radius 1 is 1.22 bits per heavy atom. The monoisotopic (exact) mass is 266 g/mol. The smallest absolute Gasteiger partial charge is 0.305 e. The van der Waals surface area contributed by atoms with Gasteiger partial charge in [0.25, 0.3) is 0 Å². The van der Waals surface area contributed by atoms with Crippen molar-refractivity contribution in [2.75, 3.05) is 0 Å². The van der Waals surface area contributed by atoms with Gasteiger partial charge in [0.15, 0.2) is 5.78 Å². The molecular formula is C14H15ClO3. The number of aliphatic carboxylic acids is 1. The Kier molecular flexibility index (Phi) is 4.02. The van der Waals surface area contributed by atoms with Crippen LogP contribution in [0.5, 0.6) is 0 Å². The maximum absolute atomic E-state index is 12.0. The topological polar surface area (TPSA) is 54.4 Å². The maximum Gasteiger partial charge on any atom is 0.305 e. The van der Waals surface area contributed by atoms with Gasteiger partial charge in [0, 0.05) is 5.56 Å². The Labute approximate surface area is 111 Å². The molecule has 0 saturated carbocycles. The van der Waals surface area contributed by atoms with Crippen LogP contribution >= 0.6 is 11.6 Å². The summed E-state index contributed by atoms with van der Waals surface area (Å²) in [6.07, 6.45) is 4.05. The number of benzene rings is 1. The highest BCUT2D eigenvalue weighted by Crippen LogP contribution is 2.23. The molecule has 2 rings (SSSR count). The number of halogens is 1. The molecular weight excluding hydrogens is 252 g/mol. The van der Waals surface area contributed by atoms with E-state index < -0.39 is 11.3 Å². The van der Waals surface area contributed by atoms with E-state index in [0.29, 0.717) is 5.56 Å². The van der Waals surface area contributed by atoms with Gasteiger partial charge in [0.1, 0.15) is 5.38 Å². The van der Waals surface area contributed by atoms with Gasteiger partial charge >= 0.3 is 5.97 Å². The largest absolute Gasteiger partial charge is 0.481 e. The Morgan fingerprint density at radius 3 is 2.56 bits per heavy atom. The molecule has 96 valence electrons. The Bertz CT molecular complexity index is 482. The molecule has 18 heavy (non-hydrogen) atoms. The number of ketones is 1. The van der Waals surface area contributed by atoms with Gasteiger partial charge < -0.3 is 5.11 Å². The molecule has 1 atom stereocenters. The summed E-state index contributed by atoms with van der Waals surface area (Å²) in [5.74, 6) is -1.35. The van der Waals surface area contributed by atoms with Gasteiger partial charge in [-0.25, -0.2) is 0 Å². The number of hydrogen-bond donors (Lipinski definition) is 1. The fourth-order valence-corrected chi connectivity index (χ4v) is 2.57. The number of aryl methyl sites for hydroxylation is 2. The number of carbonyl (C=O) groups is 2. The summed E-state index contributed by atoms with van der Waals surface area (Å²) in [7, 11) is 0. The van der Waals surface area contributed by atoms with Crippen molar-refractivity contribution in [2.45, 2.75) is 37.5 Å². The minimum atomic E-state index is -1.05. The number of carboxylic acids is 1. The average Bonchev–Trinajstić information content (AvgIpc) is 2.36. The first-order valence-electron chi connectivity index (χ1n) is 6.10. The molecule has 0 spiro atoms. The van der Waals surface area contributed by atoms with Crippen molar-refractivity contribution in [2.24, 2.45) is 0 Å². The average molecular weight is 267 g/mol. The van der Waals surface area contributed by atoms with Crippen LogP contribution in [0.3, 0.4) is 0 Å². The summed E-state index contributed by atoms with van der Waals surface area (Å²) < 4.78 is 0. The summed E-state index contributed by atoms with van der Waals surface area (Å²) in [4.78, 5) is 22.5. The number of hydrogen-bond acceptors (Lipinski definition) is 2. The van der Waals surface area contributed by atoms with Gasteiger partial charge in [-0.1, -0.05) is 12.1 Å². The lowest BCUT2D eigenvalue weighted by Gasteiger charge is -2.16. The van der Waals surface area contributed by atoms with Crippen molar-refractivity contribution in [1.82, 2.24) is 0 Å². The van der Waals surface area contributed by atoms with E-state index in [1.807, 2.05) is 12.1 Å². The van der Waals surface area contributed by atoms with Crippen LogP contribution in [0.1, 0.15) is 40.7 Å². The van der Waals surface area contributed by atoms with Crippen LogP contribution in [0, 0.1) is 0 Å². The lowest BCUT2D eigenvalue weighted by Crippen LogP contribution is -2.19. The molecule has 0 heterocycles. The highest BCUT2D eigenvalue weighted by Gasteiger charge is 2.21. The van der Waals surface area contributed by atoms with Gasteiger partial charge in [-0.3, -0.25) is 9.59 Å². The van der Waals surface area contributed by atoms with E-state index in [-0.39, 0.29) is 12.2 Å². The molecule has 0 amide bonds. The van der Waals surface area contributed by atoms with E-state index in [1.54, 1.807) is 6.07 Å². The molecule has 1 unspecified atom stereocenters. The first-order valence-corrected chi connectivity index (χ1v) is 6.53. The van der Waals surface area contributed by atoms with Crippen LogP contribution in [-0.2, 0) is 17.6 Å². The van der Waals surface area contributed by atoms with Crippen molar-refractivity contribution in [3.05, 3.63) is 34.9 Å². The predicted octanol–water partition coefficient (Wildman–Crippen LogP) is 2.83. The van der Waals surface area contributed by atoms with E-state index in [4.69, 9.17) is 16.7 Å². The molecule has 0 aliphatic heterocycles. The van der Waals surface area contributed by atoms with E-state index in [0.717, 1.165) is 19.3 Å². The van der Waals surface area contributed by atoms with E-state index in [9.17, 15) is 9.59 Å². The van der Waals surface area contributed by atoms with Gasteiger partial charge in [0.05, 0.1) is 6.42 Å². The Balaban J connectivity index is 2.18. The van der Waals surface area contributed by atoms with Crippen molar-refractivity contribution >= 4 is 23.4 Å². The number of alkyl halides is 1. The molecule has 0 aromatic heterocycles. The highest BCUT2D eigenvalue weighted by molar-refractivity contribution is 6.34. The first kappa shape index (κ1) is 13.1. The second-order valence-electron chi connectivity index (χ2n) is 4.62. The second kappa shape index (κ2) is 5.53. The number of carboxylic acid groups (broad SMARTS) is 1. The third-order valence-corrected chi connectivity index (χ3v) is 3.62. The predicted molar refractivity (Wildman–Crippen MR) is 69.3 cm³/mol. The van der Waals surface area contributed by atoms with Crippen molar-refractivity contribution in [3.63, 3.8) is 0 Å². The molecule has 0 radical (unpaired) electrons. The van der Waals surface area contributed by atoms with E-state index >= 15 is 0 Å². The maximum atomic E-state index is 12.0. The fourth-order valence-electron chi connectivity index (χ4n) is 2.31. The van der Waals surface area contributed by atoms with Crippen LogP contribution < -0.4 is 0 Å². The number of rotatable bonds is 4. The highest BCUT2D eigenvalue weighted by atomic mass is 35.5. The van der Waals surface area contributed by atoms with Crippen LogP contribution in [0.25, 0.3) is 0 Å². The lowest BCUT2D eigenvalue weighted by atomic mass is 9.89. The minimum Gasteiger partial charge on any atom is -0.481 e. The van der Waals surface area contributed by atoms with Crippen molar-refractivity contribution in [1.29, 1.82) is 0 Å². The third kappa shape index (κ3) is 2.91. The summed E-state index contributed by atoms with van der Waals surface area (Å²) in [5, 5.41) is 7.65. The molecule has 3 nitrogen and oxygen atoms in total. The molecule has 0 bridgehead atoms. The number of Topliss-reactive ketones (excluding diaryl/α,β-unsaturated/α-hetero) is 1. The second-order valence-corrected chi connectivity index (χ2v) is 5.15. The van der Waals surface area contributed by atoms with Crippen LogP contribution in [-0.4, -0.2) is 22.2 Å². The third-order valence-electron chi connectivity index (χ3n) is 3.27. The number of carbonyl (C=O) groups excluding carboxylic acids is 1. The minimum absolute atomic E-state index is 0.299. The summed E-state index contributed by atoms with van der Waals surface area (Å²) >= 11 is 5.81. The SMILES string of the molecule is O=C(O)CC(Cl)C(=O)c1ccc2c(c1)CCCC2. The number of fused-ring (bicyclic) bond motifs is 1. The molecule has 0 fully saturated rings. The van der Waals surface area contributed by atoms with Crippen LogP contribution in [0.4, 0.5) is 0 Å². The normalized spacial score (nSPS) is 15.8. The summed E-state index contributed by atoms with van der Waals surface area (Å²) in [5.41, 5.74) is 3.02.